The molecule has 0 aliphatic carbocycles. The van der Waals surface area contributed by atoms with Gasteiger partial charge in [0.25, 0.3) is 0 Å². The number of thiophene rings is 1. The Hall–Kier alpha value is -0.740. The quantitative estimate of drug-likeness (QED) is 0.768. The third-order valence-corrected chi connectivity index (χ3v) is 5.14. The van der Waals surface area contributed by atoms with Crippen molar-refractivity contribution in [1.82, 2.24) is 4.90 Å². The molecule has 1 aromatic carbocycles. The highest BCUT2D eigenvalue weighted by Gasteiger charge is 2.23. The minimum Gasteiger partial charge on any atom is -0.486 e. The van der Waals surface area contributed by atoms with Gasteiger partial charge in [-0.15, -0.1) is 11.3 Å². The molecule has 0 spiro atoms. The third kappa shape index (κ3) is 2.96. The summed E-state index contributed by atoms with van der Waals surface area (Å²) < 4.78 is 6.14. The summed E-state index contributed by atoms with van der Waals surface area (Å²) in [4.78, 5) is 3.71. The zero-order valence-electron chi connectivity index (χ0n) is 11.1. The van der Waals surface area contributed by atoms with Gasteiger partial charge in [0, 0.05) is 36.0 Å². The molecule has 20 heavy (non-hydrogen) atoms. The van der Waals surface area contributed by atoms with Crippen LogP contribution in [0.25, 0.3) is 0 Å². The van der Waals surface area contributed by atoms with Gasteiger partial charge in [0.1, 0.15) is 11.9 Å². The van der Waals surface area contributed by atoms with Crippen LogP contribution in [0, 0.1) is 0 Å². The Morgan fingerprint density at radius 3 is 2.90 bits per heavy atom. The lowest BCUT2D eigenvalue weighted by molar-refractivity contribution is 0.182. The molecule has 2 nitrogen and oxygen atoms in total. The van der Waals surface area contributed by atoms with E-state index < -0.39 is 0 Å². The van der Waals surface area contributed by atoms with Gasteiger partial charge in [0.2, 0.25) is 0 Å². The van der Waals surface area contributed by atoms with Crippen molar-refractivity contribution in [3.05, 3.63) is 50.1 Å². The molecular formula is C15H15Cl2NOS. The Morgan fingerprint density at radius 2 is 2.10 bits per heavy atom. The van der Waals surface area contributed by atoms with E-state index in [9.17, 15) is 0 Å². The number of fused-ring (bicyclic) bond motifs is 1. The lowest BCUT2D eigenvalue weighted by atomic mass is 10.1. The van der Waals surface area contributed by atoms with E-state index in [2.05, 4.69) is 23.4 Å². The van der Waals surface area contributed by atoms with Gasteiger partial charge < -0.3 is 9.64 Å². The molecule has 1 unspecified atom stereocenters. The molecule has 0 amide bonds. The fourth-order valence-corrected chi connectivity index (χ4v) is 3.72. The lowest BCUT2D eigenvalue weighted by Gasteiger charge is -2.18. The maximum Gasteiger partial charge on any atom is 0.126 e. The van der Waals surface area contributed by atoms with Gasteiger partial charge in [-0.25, -0.2) is 0 Å². The van der Waals surface area contributed by atoms with E-state index in [1.807, 2.05) is 6.07 Å². The molecule has 2 heterocycles. The van der Waals surface area contributed by atoms with Crippen molar-refractivity contribution < 1.29 is 4.74 Å². The molecule has 3 rings (SSSR count). The van der Waals surface area contributed by atoms with Gasteiger partial charge >= 0.3 is 0 Å². The number of halogens is 2. The zero-order valence-corrected chi connectivity index (χ0v) is 13.4. The molecule has 0 saturated heterocycles. The number of rotatable bonds is 2. The Bertz CT molecular complexity index is 614. The summed E-state index contributed by atoms with van der Waals surface area (Å²) in [6.45, 7) is 2.02. The van der Waals surface area contributed by atoms with Gasteiger partial charge in [-0.1, -0.05) is 23.2 Å². The molecule has 0 fully saturated rings. The fourth-order valence-electron chi connectivity index (χ4n) is 2.42. The van der Waals surface area contributed by atoms with Crippen LogP contribution in [0.3, 0.4) is 0 Å². The Kier molecular flexibility index (Phi) is 4.22. The van der Waals surface area contributed by atoms with Gasteiger partial charge in [0.15, 0.2) is 0 Å². The number of ether oxygens (including phenoxy) is 1. The second-order valence-electron chi connectivity index (χ2n) is 5.01. The predicted octanol–water partition coefficient (Wildman–Crippen LogP) is 5.01. The van der Waals surface area contributed by atoms with E-state index in [4.69, 9.17) is 27.9 Å². The minimum atomic E-state index is 0.0819. The monoisotopic (exact) mass is 327 g/mol. The molecule has 1 aliphatic heterocycles. The molecule has 0 saturated carbocycles. The molecule has 0 N–H and O–H groups in total. The molecular weight excluding hydrogens is 313 g/mol. The lowest BCUT2D eigenvalue weighted by Crippen LogP contribution is -2.17. The second kappa shape index (κ2) is 5.94. The van der Waals surface area contributed by atoms with Crippen molar-refractivity contribution in [2.24, 2.45) is 0 Å². The van der Waals surface area contributed by atoms with Gasteiger partial charge in [-0.3, -0.25) is 0 Å². The molecule has 0 radical (unpaired) electrons. The summed E-state index contributed by atoms with van der Waals surface area (Å²) in [7, 11) is 2.14. The van der Waals surface area contributed by atoms with Crippen LogP contribution < -0.4 is 4.74 Å². The van der Waals surface area contributed by atoms with E-state index in [1.54, 1.807) is 23.5 Å². The van der Waals surface area contributed by atoms with Gasteiger partial charge in [0.05, 0.1) is 10.0 Å². The fraction of sp³-hybridized carbons (Fsp3) is 0.333. The number of nitrogens with zero attached hydrogens (tertiary/aromatic N) is 1. The average molecular weight is 328 g/mol. The largest absolute Gasteiger partial charge is 0.486 e. The Balaban J connectivity index is 1.85. The maximum absolute atomic E-state index is 6.14. The predicted molar refractivity (Wildman–Crippen MR) is 85.1 cm³/mol. The maximum atomic E-state index is 6.14. The number of hydrogen-bond donors (Lipinski definition) is 0. The van der Waals surface area contributed by atoms with Crippen molar-refractivity contribution in [3.8, 4) is 5.75 Å². The van der Waals surface area contributed by atoms with Crippen LogP contribution in [0.5, 0.6) is 5.75 Å². The summed E-state index contributed by atoms with van der Waals surface area (Å²) in [5.74, 6) is 0.770. The first-order chi connectivity index (χ1) is 9.63. The van der Waals surface area contributed by atoms with Crippen molar-refractivity contribution in [3.63, 3.8) is 0 Å². The van der Waals surface area contributed by atoms with Crippen LogP contribution in [-0.2, 0) is 6.54 Å². The Labute approximate surface area is 132 Å². The standard InChI is InChI=1S/C15H15Cl2NOS/c1-18-6-4-14(11-5-7-20-15(11)9-18)19-10-2-3-12(16)13(17)8-10/h2-3,5,7-8,14H,4,6,9H2,1H3. The van der Waals surface area contributed by atoms with Crippen LogP contribution in [-0.4, -0.2) is 18.5 Å². The van der Waals surface area contributed by atoms with E-state index in [0.717, 1.165) is 25.3 Å². The first kappa shape index (κ1) is 14.2. The first-order valence-electron chi connectivity index (χ1n) is 6.50. The molecule has 106 valence electrons. The van der Waals surface area contributed by atoms with Crippen LogP contribution in [0.15, 0.2) is 29.6 Å². The second-order valence-corrected chi connectivity index (χ2v) is 6.82. The summed E-state index contributed by atoms with van der Waals surface area (Å²) in [5.41, 5.74) is 1.30. The van der Waals surface area contributed by atoms with Crippen molar-refractivity contribution >= 4 is 34.5 Å². The summed E-state index contributed by atoms with van der Waals surface area (Å²) in [6.07, 6.45) is 1.05. The van der Waals surface area contributed by atoms with Crippen LogP contribution in [0.1, 0.15) is 23.0 Å². The summed E-state index contributed by atoms with van der Waals surface area (Å²) in [5, 5.41) is 3.21. The minimum absolute atomic E-state index is 0.0819. The Morgan fingerprint density at radius 1 is 1.25 bits per heavy atom. The highest BCUT2D eigenvalue weighted by molar-refractivity contribution is 7.10. The third-order valence-electron chi connectivity index (χ3n) is 3.48. The summed E-state index contributed by atoms with van der Waals surface area (Å²) in [6, 6.07) is 7.59. The van der Waals surface area contributed by atoms with E-state index in [-0.39, 0.29) is 6.10 Å². The van der Waals surface area contributed by atoms with Crippen LogP contribution >= 0.6 is 34.5 Å². The summed E-state index contributed by atoms with van der Waals surface area (Å²) >= 11 is 13.8. The van der Waals surface area contributed by atoms with Crippen molar-refractivity contribution in [2.45, 2.75) is 19.1 Å². The number of hydrogen-bond acceptors (Lipinski definition) is 3. The smallest absolute Gasteiger partial charge is 0.126 e. The molecule has 2 aromatic rings. The van der Waals surface area contributed by atoms with E-state index in [1.165, 1.54) is 10.4 Å². The van der Waals surface area contributed by atoms with Crippen molar-refractivity contribution in [1.29, 1.82) is 0 Å². The average Bonchev–Trinajstić information content (AvgIpc) is 2.81. The first-order valence-corrected chi connectivity index (χ1v) is 8.13. The molecule has 1 aliphatic rings. The molecule has 1 atom stereocenters. The molecule has 5 heteroatoms. The highest BCUT2D eigenvalue weighted by atomic mass is 35.5. The molecule has 0 bridgehead atoms. The topological polar surface area (TPSA) is 12.5 Å². The van der Waals surface area contributed by atoms with E-state index >= 15 is 0 Å². The van der Waals surface area contributed by atoms with Gasteiger partial charge in [-0.05, 0) is 30.6 Å². The SMILES string of the molecule is CN1CCC(Oc2ccc(Cl)c(Cl)c2)c2ccsc2C1. The zero-order chi connectivity index (χ0) is 14.1. The molecule has 1 aromatic heterocycles. The van der Waals surface area contributed by atoms with E-state index in [0.29, 0.717) is 10.0 Å². The van der Waals surface area contributed by atoms with Crippen LogP contribution in [0.4, 0.5) is 0 Å². The normalized spacial score (nSPS) is 19.4. The highest BCUT2D eigenvalue weighted by Crippen LogP contribution is 2.35. The van der Waals surface area contributed by atoms with Crippen molar-refractivity contribution in [2.75, 3.05) is 13.6 Å². The van der Waals surface area contributed by atoms with Gasteiger partial charge in [-0.2, -0.15) is 0 Å². The number of benzene rings is 1. The van der Waals surface area contributed by atoms with Crippen LogP contribution in [0.2, 0.25) is 10.0 Å².